The highest BCUT2D eigenvalue weighted by molar-refractivity contribution is 5.83. The van der Waals surface area contributed by atoms with Crippen molar-refractivity contribution in [3.63, 3.8) is 0 Å². The van der Waals surface area contributed by atoms with Crippen molar-refractivity contribution in [2.45, 2.75) is 92.0 Å². The average molecular weight is 332 g/mol. The first-order valence-electron chi connectivity index (χ1n) is 10.5. The Morgan fingerprint density at radius 2 is 1.67 bits per heavy atom. The van der Waals surface area contributed by atoms with Gasteiger partial charge in [-0.25, -0.2) is 0 Å². The van der Waals surface area contributed by atoms with Crippen LogP contribution in [0.25, 0.3) is 0 Å². The zero-order valence-electron chi connectivity index (χ0n) is 16.5. The fraction of sp³-hybridized carbons (Fsp3) is 0.955. The molecule has 0 radical (unpaired) electrons. The number of rotatable bonds is 1. The third-order valence-electron chi connectivity index (χ3n) is 9.30. The lowest BCUT2D eigenvalue weighted by Gasteiger charge is -2.62. The number of carbonyl (C=O) groups excluding carboxylic acids is 1. The van der Waals surface area contributed by atoms with E-state index >= 15 is 0 Å². The molecule has 0 aromatic carbocycles. The summed E-state index contributed by atoms with van der Waals surface area (Å²) in [5.74, 6) is 3.92. The van der Waals surface area contributed by atoms with E-state index in [1.165, 1.54) is 44.9 Å². The van der Waals surface area contributed by atoms with Gasteiger partial charge in [0.05, 0.1) is 0 Å². The van der Waals surface area contributed by atoms with Crippen LogP contribution in [0.3, 0.4) is 0 Å². The fourth-order valence-corrected chi connectivity index (χ4v) is 8.11. The number of amides is 1. The molecule has 3 aliphatic carbocycles. The monoisotopic (exact) mass is 331 g/mol. The number of carbonyl (C=O) groups is 1. The van der Waals surface area contributed by atoms with E-state index in [9.17, 15) is 4.79 Å². The number of hydrogen-bond acceptors (Lipinski definition) is 1. The molecule has 2 nitrogen and oxygen atoms in total. The molecule has 24 heavy (non-hydrogen) atoms. The van der Waals surface area contributed by atoms with Crippen LogP contribution in [0.15, 0.2) is 0 Å². The molecule has 2 heteroatoms. The summed E-state index contributed by atoms with van der Waals surface area (Å²) in [6, 6.07) is 0.423. The number of nitrogens with one attached hydrogen (secondary N) is 1. The molecule has 0 aromatic heterocycles. The highest BCUT2D eigenvalue weighted by atomic mass is 16.2. The van der Waals surface area contributed by atoms with Crippen LogP contribution in [0, 0.1) is 39.9 Å². The molecular weight excluding hydrogens is 294 g/mol. The van der Waals surface area contributed by atoms with Gasteiger partial charge in [-0.3, -0.25) is 4.79 Å². The van der Waals surface area contributed by atoms with Gasteiger partial charge >= 0.3 is 0 Å². The summed E-state index contributed by atoms with van der Waals surface area (Å²) in [6.45, 7) is 11.9. The number of piperidine rings is 1. The summed E-state index contributed by atoms with van der Waals surface area (Å²) in [5.41, 5.74) is 0.716. The Labute approximate surface area is 148 Å². The van der Waals surface area contributed by atoms with E-state index in [-0.39, 0.29) is 11.3 Å². The van der Waals surface area contributed by atoms with Crippen LogP contribution in [0.2, 0.25) is 0 Å². The van der Waals surface area contributed by atoms with E-state index in [0.29, 0.717) is 16.9 Å². The molecule has 4 aliphatic rings. The molecular formula is C22H37NO. The molecule has 1 saturated heterocycles. The van der Waals surface area contributed by atoms with Crippen LogP contribution in [-0.4, -0.2) is 11.9 Å². The second-order valence-electron chi connectivity index (χ2n) is 10.8. The SMILES string of the molecule is CC[C@H]1CC[C@H]2[C@@H]3CC[C@H]4NC(=O)C(C)(C)C[C@]4(C)[C@H]3CC[C@]12C. The molecule has 7 atom stereocenters. The highest BCUT2D eigenvalue weighted by Crippen LogP contribution is 2.66. The maximum atomic E-state index is 12.5. The Hall–Kier alpha value is -0.530. The summed E-state index contributed by atoms with van der Waals surface area (Å²) >= 11 is 0. The van der Waals surface area contributed by atoms with Gasteiger partial charge in [-0.15, -0.1) is 0 Å². The number of fused-ring (bicyclic) bond motifs is 5. The van der Waals surface area contributed by atoms with Gasteiger partial charge in [-0.2, -0.15) is 0 Å². The van der Waals surface area contributed by atoms with Crippen molar-refractivity contribution in [2.75, 3.05) is 0 Å². The average Bonchev–Trinajstić information content (AvgIpc) is 2.85. The summed E-state index contributed by atoms with van der Waals surface area (Å²) in [5, 5.41) is 3.43. The molecule has 0 bridgehead atoms. The van der Waals surface area contributed by atoms with Crippen molar-refractivity contribution in [1.29, 1.82) is 0 Å². The molecule has 4 rings (SSSR count). The zero-order valence-corrected chi connectivity index (χ0v) is 16.5. The molecule has 3 saturated carbocycles. The second-order valence-corrected chi connectivity index (χ2v) is 10.8. The lowest BCUT2D eigenvalue weighted by molar-refractivity contribution is -0.152. The van der Waals surface area contributed by atoms with E-state index in [1.54, 1.807) is 0 Å². The quantitative estimate of drug-likeness (QED) is 0.705. The van der Waals surface area contributed by atoms with Crippen LogP contribution >= 0.6 is 0 Å². The minimum atomic E-state index is -0.199. The van der Waals surface area contributed by atoms with Crippen LogP contribution in [0.5, 0.6) is 0 Å². The van der Waals surface area contributed by atoms with Crippen molar-refractivity contribution in [2.24, 2.45) is 39.9 Å². The van der Waals surface area contributed by atoms with Gasteiger partial charge in [0.25, 0.3) is 0 Å². The first-order valence-corrected chi connectivity index (χ1v) is 10.5. The van der Waals surface area contributed by atoms with Crippen LogP contribution in [0.1, 0.15) is 86.0 Å². The Balaban J connectivity index is 1.65. The standard InChI is InChI=1S/C22H37NO/c1-6-14-7-9-16-15-8-10-18-22(5,13-20(2,3)19(24)23-18)17(15)11-12-21(14,16)4/h14-18H,6-13H2,1-5H3,(H,23,24)/t14-,15-,16-,17-,18+,21+,22+/m0/s1. The summed E-state index contributed by atoms with van der Waals surface area (Å²) in [4.78, 5) is 12.5. The molecule has 4 fully saturated rings. The van der Waals surface area contributed by atoms with Gasteiger partial charge < -0.3 is 5.32 Å². The van der Waals surface area contributed by atoms with Gasteiger partial charge in [-0.1, -0.05) is 41.0 Å². The van der Waals surface area contributed by atoms with Gasteiger partial charge in [-0.05, 0) is 79.4 Å². The Morgan fingerprint density at radius 3 is 2.38 bits per heavy atom. The van der Waals surface area contributed by atoms with Gasteiger partial charge in [0.2, 0.25) is 5.91 Å². The normalized spacial score (nSPS) is 52.9. The van der Waals surface area contributed by atoms with E-state index in [0.717, 1.165) is 30.1 Å². The van der Waals surface area contributed by atoms with E-state index in [2.05, 4.69) is 39.9 Å². The highest BCUT2D eigenvalue weighted by Gasteiger charge is 2.61. The number of hydrogen-bond donors (Lipinski definition) is 1. The summed E-state index contributed by atoms with van der Waals surface area (Å²) < 4.78 is 0. The van der Waals surface area contributed by atoms with Crippen molar-refractivity contribution < 1.29 is 4.79 Å². The van der Waals surface area contributed by atoms with E-state index in [4.69, 9.17) is 0 Å². The molecule has 1 N–H and O–H groups in total. The van der Waals surface area contributed by atoms with Crippen molar-refractivity contribution in [3.8, 4) is 0 Å². The molecule has 0 spiro atoms. The molecule has 1 heterocycles. The summed E-state index contributed by atoms with van der Waals surface area (Å²) in [6.07, 6.45) is 10.8. The molecule has 1 amide bonds. The minimum absolute atomic E-state index is 0.199. The third kappa shape index (κ3) is 2.10. The molecule has 0 aromatic rings. The van der Waals surface area contributed by atoms with E-state index in [1.807, 2.05) is 0 Å². The van der Waals surface area contributed by atoms with Crippen LogP contribution < -0.4 is 5.32 Å². The zero-order chi connectivity index (χ0) is 17.3. The topological polar surface area (TPSA) is 29.1 Å². The maximum absolute atomic E-state index is 12.5. The summed E-state index contributed by atoms with van der Waals surface area (Å²) in [7, 11) is 0. The molecule has 0 unspecified atom stereocenters. The molecule has 136 valence electrons. The van der Waals surface area contributed by atoms with Crippen molar-refractivity contribution in [1.82, 2.24) is 5.32 Å². The third-order valence-corrected chi connectivity index (χ3v) is 9.30. The second kappa shape index (κ2) is 5.24. The first-order chi connectivity index (χ1) is 11.2. The Morgan fingerprint density at radius 1 is 0.958 bits per heavy atom. The van der Waals surface area contributed by atoms with Gasteiger partial charge in [0, 0.05) is 11.5 Å². The molecule has 1 aliphatic heterocycles. The lowest BCUT2D eigenvalue weighted by Crippen LogP contribution is -2.64. The van der Waals surface area contributed by atoms with Gasteiger partial charge in [0.1, 0.15) is 0 Å². The smallest absolute Gasteiger partial charge is 0.225 e. The largest absolute Gasteiger partial charge is 0.352 e. The maximum Gasteiger partial charge on any atom is 0.225 e. The lowest BCUT2D eigenvalue weighted by atomic mass is 9.45. The predicted molar refractivity (Wildman–Crippen MR) is 98.5 cm³/mol. The van der Waals surface area contributed by atoms with Crippen molar-refractivity contribution >= 4 is 5.91 Å². The fourth-order valence-electron chi connectivity index (χ4n) is 8.11. The van der Waals surface area contributed by atoms with Crippen LogP contribution in [0.4, 0.5) is 0 Å². The van der Waals surface area contributed by atoms with E-state index < -0.39 is 0 Å². The van der Waals surface area contributed by atoms with Crippen LogP contribution in [-0.2, 0) is 4.79 Å². The Bertz CT molecular complexity index is 540. The van der Waals surface area contributed by atoms with Gasteiger partial charge in [0.15, 0.2) is 0 Å². The van der Waals surface area contributed by atoms with Crippen molar-refractivity contribution in [3.05, 3.63) is 0 Å². The predicted octanol–water partition coefficient (Wildman–Crippen LogP) is 5.17. The minimum Gasteiger partial charge on any atom is -0.352 e. The Kier molecular flexibility index (Phi) is 3.69. The first kappa shape index (κ1) is 16.9.